The van der Waals surface area contributed by atoms with E-state index in [9.17, 15) is 27.6 Å². The molecule has 16 heteroatoms. The Morgan fingerprint density at radius 3 is 2.43 bits per heavy atom. The molecule has 3 heterocycles. The monoisotopic (exact) mass is 716 g/mol. The van der Waals surface area contributed by atoms with E-state index in [4.69, 9.17) is 9.47 Å². The molecule has 3 fully saturated rings. The van der Waals surface area contributed by atoms with Crippen molar-refractivity contribution < 1.29 is 37.1 Å². The molecular weight excluding hydrogens is 673 g/mol. The van der Waals surface area contributed by atoms with Crippen molar-refractivity contribution in [3.05, 3.63) is 42.7 Å². The van der Waals surface area contributed by atoms with Gasteiger partial charge in [-0.15, -0.1) is 17.9 Å². The predicted octanol–water partition coefficient (Wildman–Crippen LogP) is 3.16. The summed E-state index contributed by atoms with van der Waals surface area (Å²) in [5, 5.41) is 7.41. The summed E-state index contributed by atoms with van der Waals surface area (Å²) in [7, 11) is -3.89. The molecular formula is C33H44N6O8S2. The molecule has 1 saturated heterocycles. The van der Waals surface area contributed by atoms with Crippen LogP contribution in [0.1, 0.15) is 67.2 Å². The van der Waals surface area contributed by atoms with Crippen LogP contribution in [0.4, 0.5) is 4.79 Å². The van der Waals surface area contributed by atoms with Gasteiger partial charge in [0.05, 0.1) is 18.0 Å². The van der Waals surface area contributed by atoms with Crippen LogP contribution in [0.3, 0.4) is 0 Å². The minimum absolute atomic E-state index is 0.0267. The fourth-order valence-electron chi connectivity index (χ4n) is 5.79. The van der Waals surface area contributed by atoms with Gasteiger partial charge in [0, 0.05) is 35.7 Å². The topological polar surface area (TPSA) is 186 Å². The number of alkyl carbamates (subject to hydrolysis) is 1. The fraction of sp³-hybridized carbons (Fsp3) is 0.576. The van der Waals surface area contributed by atoms with E-state index < -0.39 is 79.7 Å². The van der Waals surface area contributed by atoms with Gasteiger partial charge in [0.1, 0.15) is 40.1 Å². The van der Waals surface area contributed by atoms with Crippen molar-refractivity contribution in [1.82, 2.24) is 30.2 Å². The Hall–Kier alpha value is -4.05. The summed E-state index contributed by atoms with van der Waals surface area (Å²) in [5.74, 6) is -2.17. The summed E-state index contributed by atoms with van der Waals surface area (Å²) in [5.41, 5.74) is -2.43. The van der Waals surface area contributed by atoms with E-state index in [0.29, 0.717) is 18.6 Å². The summed E-state index contributed by atoms with van der Waals surface area (Å²) >= 11 is 1.44. The maximum atomic E-state index is 14.3. The lowest BCUT2D eigenvalue weighted by atomic mass is 9.85. The number of sulfonamides is 1. The van der Waals surface area contributed by atoms with Crippen LogP contribution in [0.2, 0.25) is 0 Å². The Morgan fingerprint density at radius 2 is 1.86 bits per heavy atom. The molecule has 266 valence electrons. The van der Waals surface area contributed by atoms with Gasteiger partial charge in [-0.25, -0.2) is 18.2 Å². The number of hydrogen-bond acceptors (Lipinski definition) is 11. The summed E-state index contributed by atoms with van der Waals surface area (Å²) in [6.45, 7) is 14.2. The highest BCUT2D eigenvalue weighted by molar-refractivity contribution is 7.91. The van der Waals surface area contributed by atoms with Crippen LogP contribution in [0.15, 0.2) is 42.7 Å². The quantitative estimate of drug-likeness (QED) is 0.292. The van der Waals surface area contributed by atoms with E-state index in [1.165, 1.54) is 28.5 Å². The molecule has 3 aliphatic rings. The number of ether oxygens (including phenoxy) is 2. The van der Waals surface area contributed by atoms with Gasteiger partial charge in [0.15, 0.2) is 0 Å². The van der Waals surface area contributed by atoms with Crippen molar-refractivity contribution in [3.63, 3.8) is 0 Å². The van der Waals surface area contributed by atoms with E-state index in [1.54, 1.807) is 60.0 Å². The first-order chi connectivity index (χ1) is 22.8. The molecule has 2 saturated carbocycles. The van der Waals surface area contributed by atoms with Crippen molar-refractivity contribution in [2.45, 2.75) is 102 Å². The molecule has 14 nitrogen and oxygen atoms in total. The van der Waals surface area contributed by atoms with Crippen LogP contribution in [0.25, 0.3) is 10.6 Å². The average Bonchev–Trinajstić information content (AvgIpc) is 3.87. The number of carbonyl (C=O) groups excluding carboxylic acids is 4. The molecule has 0 radical (unpaired) electrons. The number of nitrogens with one attached hydrogen (secondary N) is 3. The second kappa shape index (κ2) is 13.3. The number of hydrogen-bond donors (Lipinski definition) is 3. The van der Waals surface area contributed by atoms with E-state index in [0.717, 1.165) is 10.6 Å². The zero-order chi connectivity index (χ0) is 35.9. The first kappa shape index (κ1) is 36.2. The number of amides is 4. The third kappa shape index (κ3) is 8.40. The third-order valence-electron chi connectivity index (χ3n) is 8.57. The van der Waals surface area contributed by atoms with Crippen LogP contribution in [-0.2, 0) is 29.1 Å². The molecule has 0 spiro atoms. The maximum Gasteiger partial charge on any atom is 0.408 e. The largest absolute Gasteiger partial charge is 0.487 e. The number of thiazole rings is 1. The Morgan fingerprint density at radius 1 is 1.14 bits per heavy atom. The molecule has 5 atom stereocenters. The Kier molecular flexibility index (Phi) is 9.87. The zero-order valence-electron chi connectivity index (χ0n) is 28.5. The number of pyridine rings is 1. The molecule has 4 amide bonds. The molecule has 0 aromatic carbocycles. The number of aromatic nitrogens is 2. The fourth-order valence-corrected chi connectivity index (χ4v) is 7.78. The van der Waals surface area contributed by atoms with Crippen LogP contribution in [-0.4, -0.2) is 88.2 Å². The van der Waals surface area contributed by atoms with Crippen molar-refractivity contribution >= 4 is 45.2 Å². The van der Waals surface area contributed by atoms with E-state index >= 15 is 0 Å². The van der Waals surface area contributed by atoms with Gasteiger partial charge in [-0.05, 0) is 51.5 Å². The van der Waals surface area contributed by atoms with Gasteiger partial charge >= 0.3 is 6.09 Å². The smallest absolute Gasteiger partial charge is 0.408 e. The van der Waals surface area contributed by atoms with Crippen LogP contribution < -0.4 is 20.1 Å². The lowest BCUT2D eigenvalue weighted by Crippen LogP contribution is -2.60. The second-order valence-corrected chi connectivity index (χ2v) is 17.7. The molecule has 5 unspecified atom stereocenters. The number of rotatable bonds is 11. The third-order valence-corrected chi connectivity index (χ3v) is 11.2. The molecule has 3 N–H and O–H groups in total. The highest BCUT2D eigenvalue weighted by Gasteiger charge is 2.62. The Labute approximate surface area is 290 Å². The highest BCUT2D eigenvalue weighted by Crippen LogP contribution is 2.45. The van der Waals surface area contributed by atoms with Crippen molar-refractivity contribution in [2.75, 3.05) is 6.54 Å². The SMILES string of the molecule is C=CC1CC1(NC(=O)C1CC(Oc2cncc(-c3nccs3)c2)CN1C(=O)C(NC(=O)OC(C)(C)C)C(C)(C)C)C(=O)NS(=O)(=O)C1CC1. The van der Waals surface area contributed by atoms with Crippen LogP contribution in [0, 0.1) is 11.3 Å². The molecule has 2 aromatic heterocycles. The minimum atomic E-state index is -3.89. The minimum Gasteiger partial charge on any atom is -0.487 e. The molecule has 0 bridgehead atoms. The average molecular weight is 717 g/mol. The lowest BCUT2D eigenvalue weighted by Gasteiger charge is -2.36. The summed E-state index contributed by atoms with van der Waals surface area (Å²) in [4.78, 5) is 64.7. The van der Waals surface area contributed by atoms with Gasteiger partial charge in [-0.3, -0.25) is 24.1 Å². The molecule has 2 aromatic rings. The lowest BCUT2D eigenvalue weighted by molar-refractivity contribution is -0.143. The first-order valence-electron chi connectivity index (χ1n) is 16.1. The van der Waals surface area contributed by atoms with E-state index in [1.807, 2.05) is 5.38 Å². The van der Waals surface area contributed by atoms with Crippen LogP contribution in [0.5, 0.6) is 5.75 Å². The normalized spacial score (nSPS) is 24.4. The Balaban J connectivity index is 1.41. The molecule has 2 aliphatic carbocycles. The van der Waals surface area contributed by atoms with Gasteiger partial charge in [-0.1, -0.05) is 26.8 Å². The van der Waals surface area contributed by atoms with Gasteiger partial charge < -0.3 is 25.0 Å². The van der Waals surface area contributed by atoms with Gasteiger partial charge in [0.25, 0.3) is 5.91 Å². The van der Waals surface area contributed by atoms with E-state index in [2.05, 4.69) is 31.9 Å². The maximum absolute atomic E-state index is 14.3. The van der Waals surface area contributed by atoms with Crippen LogP contribution >= 0.6 is 11.3 Å². The summed E-state index contributed by atoms with van der Waals surface area (Å²) < 4.78 is 39.1. The van der Waals surface area contributed by atoms with Crippen molar-refractivity contribution in [1.29, 1.82) is 0 Å². The van der Waals surface area contributed by atoms with Crippen molar-refractivity contribution in [3.8, 4) is 16.3 Å². The first-order valence-corrected chi connectivity index (χ1v) is 18.6. The van der Waals surface area contributed by atoms with Gasteiger partial charge in [-0.2, -0.15) is 0 Å². The molecule has 5 rings (SSSR count). The van der Waals surface area contributed by atoms with Crippen molar-refractivity contribution in [2.24, 2.45) is 11.3 Å². The number of nitrogens with zero attached hydrogens (tertiary/aromatic N) is 3. The summed E-state index contributed by atoms with van der Waals surface area (Å²) in [6.07, 6.45) is 6.00. The summed E-state index contributed by atoms with van der Waals surface area (Å²) in [6, 6.07) is -0.464. The predicted molar refractivity (Wildman–Crippen MR) is 182 cm³/mol. The standard InChI is InChI=1S/C33H44N6O8S2/c1-8-20-15-33(20,29(42)38-49(44,45)23-9-10-23)37-26(40)24-14-22(46-21-13-19(16-34-17-21)27-35-11-12-48-27)18-39(24)28(41)25(31(2,3)4)36-30(43)47-32(5,6)7/h8,11-13,16-17,20,22-25H,1,9-10,14-15,18H2,2-7H3,(H,36,43)(H,37,40)(H,38,42). The zero-order valence-corrected chi connectivity index (χ0v) is 30.2. The van der Waals surface area contributed by atoms with Gasteiger partial charge in [0.2, 0.25) is 21.8 Å². The molecule has 1 aliphatic heterocycles. The number of likely N-dealkylation sites (tertiary alicyclic amines) is 1. The molecule has 49 heavy (non-hydrogen) atoms. The highest BCUT2D eigenvalue weighted by atomic mass is 32.2. The van der Waals surface area contributed by atoms with E-state index in [-0.39, 0.29) is 19.4 Å². The second-order valence-electron chi connectivity index (χ2n) is 14.9. The Bertz CT molecular complexity index is 1710. The number of carbonyl (C=O) groups is 4.